The molecule has 1 aliphatic rings. The highest BCUT2D eigenvalue weighted by Gasteiger charge is 2.22. The van der Waals surface area contributed by atoms with Crippen molar-refractivity contribution < 1.29 is 4.74 Å². The predicted molar refractivity (Wildman–Crippen MR) is 98.0 cm³/mol. The SMILES string of the molecule is COc1ccc(Cc2nn(C3CCCC3)c3c(Cl)cccc23)cc1. The highest BCUT2D eigenvalue weighted by atomic mass is 35.5. The van der Waals surface area contributed by atoms with Gasteiger partial charge in [-0.25, -0.2) is 0 Å². The van der Waals surface area contributed by atoms with E-state index in [2.05, 4.69) is 22.9 Å². The number of aromatic nitrogens is 2. The summed E-state index contributed by atoms with van der Waals surface area (Å²) in [5.41, 5.74) is 3.42. The molecule has 0 bridgehead atoms. The van der Waals surface area contributed by atoms with Gasteiger partial charge in [0.2, 0.25) is 0 Å². The number of hydrogen-bond donors (Lipinski definition) is 0. The molecule has 1 fully saturated rings. The number of hydrogen-bond acceptors (Lipinski definition) is 2. The second-order valence-electron chi connectivity index (χ2n) is 6.49. The van der Waals surface area contributed by atoms with Gasteiger partial charge in [-0.05, 0) is 36.6 Å². The molecule has 1 aliphatic carbocycles. The van der Waals surface area contributed by atoms with E-state index >= 15 is 0 Å². The highest BCUT2D eigenvalue weighted by Crippen LogP contribution is 2.36. The Kier molecular flexibility index (Phi) is 4.19. The first-order valence-corrected chi connectivity index (χ1v) is 8.92. The number of benzene rings is 2. The summed E-state index contributed by atoms with van der Waals surface area (Å²) in [6.45, 7) is 0. The summed E-state index contributed by atoms with van der Waals surface area (Å²) < 4.78 is 7.42. The van der Waals surface area contributed by atoms with E-state index in [1.54, 1.807) is 7.11 Å². The molecule has 0 N–H and O–H groups in total. The third-order valence-corrected chi connectivity index (χ3v) is 5.26. The third-order valence-electron chi connectivity index (χ3n) is 4.96. The number of fused-ring (bicyclic) bond motifs is 1. The molecule has 124 valence electrons. The van der Waals surface area contributed by atoms with Crippen LogP contribution in [0.25, 0.3) is 10.9 Å². The van der Waals surface area contributed by atoms with E-state index < -0.39 is 0 Å². The van der Waals surface area contributed by atoms with E-state index in [9.17, 15) is 0 Å². The van der Waals surface area contributed by atoms with Crippen LogP contribution in [0.1, 0.15) is 43.0 Å². The van der Waals surface area contributed by atoms with Crippen LogP contribution in [0.3, 0.4) is 0 Å². The predicted octanol–water partition coefficient (Wildman–Crippen LogP) is 5.40. The van der Waals surface area contributed by atoms with E-state index in [0.717, 1.165) is 28.4 Å². The van der Waals surface area contributed by atoms with Crippen molar-refractivity contribution in [3.05, 3.63) is 58.7 Å². The molecule has 0 amide bonds. The number of nitrogens with zero attached hydrogens (tertiary/aromatic N) is 2. The van der Waals surface area contributed by atoms with Crippen LogP contribution in [0.5, 0.6) is 5.75 Å². The Morgan fingerprint density at radius 2 is 1.88 bits per heavy atom. The highest BCUT2D eigenvalue weighted by molar-refractivity contribution is 6.35. The smallest absolute Gasteiger partial charge is 0.118 e. The average Bonchev–Trinajstić information content (AvgIpc) is 3.24. The molecule has 1 aromatic heterocycles. The van der Waals surface area contributed by atoms with Crippen LogP contribution in [0, 0.1) is 0 Å². The molecule has 1 heterocycles. The van der Waals surface area contributed by atoms with Gasteiger partial charge in [-0.1, -0.05) is 48.7 Å². The molecule has 1 saturated carbocycles. The van der Waals surface area contributed by atoms with Gasteiger partial charge in [0.05, 0.1) is 29.4 Å². The fraction of sp³-hybridized carbons (Fsp3) is 0.350. The first-order valence-electron chi connectivity index (χ1n) is 8.55. The average molecular weight is 341 g/mol. The molecule has 0 spiro atoms. The zero-order valence-electron chi connectivity index (χ0n) is 13.8. The Morgan fingerprint density at radius 3 is 2.58 bits per heavy atom. The first-order chi connectivity index (χ1) is 11.8. The Bertz CT molecular complexity index is 848. The van der Waals surface area contributed by atoms with Crippen LogP contribution in [0.2, 0.25) is 5.02 Å². The third kappa shape index (κ3) is 2.78. The van der Waals surface area contributed by atoms with Crippen LogP contribution in [0.15, 0.2) is 42.5 Å². The summed E-state index contributed by atoms with van der Waals surface area (Å²) >= 11 is 6.52. The zero-order valence-corrected chi connectivity index (χ0v) is 14.6. The number of para-hydroxylation sites is 1. The minimum absolute atomic E-state index is 0.483. The monoisotopic (exact) mass is 340 g/mol. The van der Waals surface area contributed by atoms with Gasteiger partial charge in [0, 0.05) is 11.8 Å². The van der Waals surface area contributed by atoms with E-state index in [1.807, 2.05) is 24.3 Å². The summed E-state index contributed by atoms with van der Waals surface area (Å²) in [5, 5.41) is 6.94. The van der Waals surface area contributed by atoms with Crippen molar-refractivity contribution in [2.45, 2.75) is 38.1 Å². The Morgan fingerprint density at radius 1 is 1.12 bits per heavy atom. The number of halogens is 1. The number of methoxy groups -OCH3 is 1. The molecule has 0 radical (unpaired) electrons. The van der Waals surface area contributed by atoms with E-state index in [0.29, 0.717) is 6.04 Å². The molecule has 2 aromatic carbocycles. The maximum atomic E-state index is 6.52. The minimum Gasteiger partial charge on any atom is -0.497 e. The summed E-state index contributed by atoms with van der Waals surface area (Å²) in [6, 6.07) is 14.8. The van der Waals surface area contributed by atoms with Crippen molar-refractivity contribution in [1.29, 1.82) is 0 Å². The van der Waals surface area contributed by atoms with Crippen LogP contribution < -0.4 is 4.74 Å². The summed E-state index contributed by atoms with van der Waals surface area (Å²) in [6.07, 6.45) is 5.77. The van der Waals surface area contributed by atoms with Gasteiger partial charge in [-0.2, -0.15) is 5.10 Å². The summed E-state index contributed by atoms with van der Waals surface area (Å²) in [4.78, 5) is 0. The van der Waals surface area contributed by atoms with Crippen molar-refractivity contribution in [2.75, 3.05) is 7.11 Å². The summed E-state index contributed by atoms with van der Waals surface area (Å²) in [7, 11) is 1.69. The maximum absolute atomic E-state index is 6.52. The number of rotatable bonds is 4. The van der Waals surface area contributed by atoms with Gasteiger partial charge in [-0.15, -0.1) is 0 Å². The van der Waals surface area contributed by atoms with Crippen molar-refractivity contribution in [3.63, 3.8) is 0 Å². The number of ether oxygens (including phenoxy) is 1. The molecule has 0 unspecified atom stereocenters. The minimum atomic E-state index is 0.483. The van der Waals surface area contributed by atoms with Gasteiger partial charge in [0.25, 0.3) is 0 Å². The van der Waals surface area contributed by atoms with Crippen molar-refractivity contribution in [2.24, 2.45) is 0 Å². The molecule has 0 atom stereocenters. The Labute approximate surface area is 147 Å². The van der Waals surface area contributed by atoms with Crippen LogP contribution in [0.4, 0.5) is 0 Å². The normalized spacial score (nSPS) is 15.2. The van der Waals surface area contributed by atoms with Crippen molar-refractivity contribution in [1.82, 2.24) is 9.78 Å². The fourth-order valence-corrected chi connectivity index (χ4v) is 3.96. The molecule has 4 rings (SSSR count). The van der Waals surface area contributed by atoms with Crippen molar-refractivity contribution >= 4 is 22.5 Å². The largest absolute Gasteiger partial charge is 0.497 e. The quantitative estimate of drug-likeness (QED) is 0.635. The van der Waals surface area contributed by atoms with E-state index in [4.69, 9.17) is 21.4 Å². The van der Waals surface area contributed by atoms with Crippen LogP contribution >= 0.6 is 11.6 Å². The Hall–Kier alpha value is -2.00. The molecule has 0 aliphatic heterocycles. The van der Waals surface area contributed by atoms with Crippen LogP contribution in [-0.4, -0.2) is 16.9 Å². The van der Waals surface area contributed by atoms with Crippen LogP contribution in [-0.2, 0) is 6.42 Å². The van der Waals surface area contributed by atoms with E-state index in [1.165, 1.54) is 36.6 Å². The molecule has 4 heteroatoms. The molecule has 0 saturated heterocycles. The summed E-state index contributed by atoms with van der Waals surface area (Å²) in [5.74, 6) is 0.878. The zero-order chi connectivity index (χ0) is 16.5. The molecular weight excluding hydrogens is 320 g/mol. The second-order valence-corrected chi connectivity index (χ2v) is 6.90. The fourth-order valence-electron chi connectivity index (χ4n) is 3.70. The lowest BCUT2D eigenvalue weighted by Gasteiger charge is -2.11. The second kappa shape index (κ2) is 6.48. The topological polar surface area (TPSA) is 27.1 Å². The molecular formula is C20H21ClN2O. The Balaban J connectivity index is 1.75. The maximum Gasteiger partial charge on any atom is 0.118 e. The van der Waals surface area contributed by atoms with Gasteiger partial charge >= 0.3 is 0 Å². The molecule has 3 aromatic rings. The van der Waals surface area contributed by atoms with Gasteiger partial charge in [0.15, 0.2) is 0 Å². The lowest BCUT2D eigenvalue weighted by molar-refractivity contribution is 0.414. The van der Waals surface area contributed by atoms with E-state index in [-0.39, 0.29) is 0 Å². The van der Waals surface area contributed by atoms with Gasteiger partial charge in [-0.3, -0.25) is 4.68 Å². The molecule has 3 nitrogen and oxygen atoms in total. The standard InChI is InChI=1S/C20H21ClN2O/c1-24-16-11-9-14(10-12-16)13-19-17-7-4-8-18(21)20(17)23(22-19)15-5-2-3-6-15/h4,7-12,15H,2-3,5-6,13H2,1H3. The molecule has 24 heavy (non-hydrogen) atoms. The van der Waals surface area contributed by atoms with Gasteiger partial charge < -0.3 is 4.74 Å². The van der Waals surface area contributed by atoms with Gasteiger partial charge in [0.1, 0.15) is 5.75 Å². The lowest BCUT2D eigenvalue weighted by atomic mass is 10.1. The van der Waals surface area contributed by atoms with Crippen molar-refractivity contribution in [3.8, 4) is 5.75 Å². The first kappa shape index (κ1) is 15.5. The lowest BCUT2D eigenvalue weighted by Crippen LogP contribution is -2.07.